The Balaban J connectivity index is 3.09. The molecular formula is C11H9NO5. The van der Waals surface area contributed by atoms with Crippen LogP contribution in [0.25, 0.3) is 6.08 Å². The van der Waals surface area contributed by atoms with Crippen LogP contribution in [0.4, 0.5) is 5.69 Å². The first-order valence-corrected chi connectivity index (χ1v) is 4.58. The smallest absolute Gasteiger partial charge is 0.330 e. The van der Waals surface area contributed by atoms with E-state index in [0.29, 0.717) is 11.8 Å². The van der Waals surface area contributed by atoms with E-state index in [0.717, 1.165) is 12.1 Å². The van der Waals surface area contributed by atoms with Gasteiger partial charge in [0.15, 0.2) is 6.29 Å². The summed E-state index contributed by atoms with van der Waals surface area (Å²) in [6.45, 7) is 0. The summed E-state index contributed by atoms with van der Waals surface area (Å²) in [4.78, 5) is 31.5. The van der Waals surface area contributed by atoms with E-state index in [-0.39, 0.29) is 11.3 Å². The number of nitrogens with zero attached hydrogens (tertiary/aromatic N) is 1. The third kappa shape index (κ3) is 3.23. The van der Waals surface area contributed by atoms with E-state index in [1.54, 1.807) is 0 Å². The minimum Gasteiger partial charge on any atom is -0.466 e. The van der Waals surface area contributed by atoms with Gasteiger partial charge in [0, 0.05) is 23.8 Å². The number of carbonyl (C=O) groups excluding carboxylic acids is 2. The molecule has 1 rings (SSSR count). The lowest BCUT2D eigenvalue weighted by atomic mass is 10.1. The maximum atomic E-state index is 10.9. The number of methoxy groups -OCH3 is 1. The van der Waals surface area contributed by atoms with Crippen molar-refractivity contribution in [3.63, 3.8) is 0 Å². The summed E-state index contributed by atoms with van der Waals surface area (Å²) < 4.78 is 4.39. The lowest BCUT2D eigenvalue weighted by Gasteiger charge is -1.98. The topological polar surface area (TPSA) is 86.5 Å². The monoisotopic (exact) mass is 235 g/mol. The normalized spacial score (nSPS) is 10.2. The second kappa shape index (κ2) is 5.55. The van der Waals surface area contributed by atoms with Crippen LogP contribution in [0.2, 0.25) is 0 Å². The summed E-state index contributed by atoms with van der Waals surface area (Å²) in [6.07, 6.45) is 2.98. The number of nitro groups is 1. The van der Waals surface area contributed by atoms with Crippen LogP contribution in [0, 0.1) is 10.1 Å². The standard InChI is InChI=1S/C11H9NO5/c1-17-11(14)5-3-8-2-4-10(12(15)16)6-9(8)7-13/h2-7H,1H3. The molecule has 0 radical (unpaired) electrons. The molecule has 0 aliphatic carbocycles. The number of aldehydes is 1. The minimum absolute atomic E-state index is 0.138. The Kier molecular flexibility index (Phi) is 4.10. The van der Waals surface area contributed by atoms with Gasteiger partial charge < -0.3 is 4.74 Å². The zero-order chi connectivity index (χ0) is 12.8. The number of hydrogen-bond donors (Lipinski definition) is 0. The van der Waals surface area contributed by atoms with Crippen molar-refractivity contribution in [1.29, 1.82) is 0 Å². The molecule has 0 bridgehead atoms. The van der Waals surface area contributed by atoms with E-state index < -0.39 is 10.9 Å². The van der Waals surface area contributed by atoms with Crippen molar-refractivity contribution in [2.75, 3.05) is 7.11 Å². The first-order chi connectivity index (χ1) is 8.08. The molecule has 0 aliphatic rings. The highest BCUT2D eigenvalue weighted by Crippen LogP contribution is 2.17. The quantitative estimate of drug-likeness (QED) is 0.260. The van der Waals surface area contributed by atoms with Crippen molar-refractivity contribution < 1.29 is 19.2 Å². The fourth-order valence-electron chi connectivity index (χ4n) is 1.16. The molecule has 17 heavy (non-hydrogen) atoms. The summed E-state index contributed by atoms with van der Waals surface area (Å²) in [5.74, 6) is -0.569. The zero-order valence-electron chi connectivity index (χ0n) is 8.95. The molecule has 0 saturated carbocycles. The molecule has 0 unspecified atom stereocenters. The third-order valence-electron chi connectivity index (χ3n) is 2.01. The van der Waals surface area contributed by atoms with Crippen molar-refractivity contribution in [1.82, 2.24) is 0 Å². The Morgan fingerprint density at radius 1 is 1.41 bits per heavy atom. The largest absolute Gasteiger partial charge is 0.466 e. The van der Waals surface area contributed by atoms with Crippen LogP contribution in [0.5, 0.6) is 0 Å². The molecule has 0 heterocycles. The highest BCUT2D eigenvalue weighted by atomic mass is 16.6. The SMILES string of the molecule is COC(=O)C=Cc1ccc([N+](=O)[O-])cc1C=O. The van der Waals surface area contributed by atoms with Gasteiger partial charge in [0.25, 0.3) is 5.69 Å². The van der Waals surface area contributed by atoms with Gasteiger partial charge in [-0.2, -0.15) is 0 Å². The summed E-state index contributed by atoms with van der Waals surface area (Å²) >= 11 is 0. The van der Waals surface area contributed by atoms with Gasteiger partial charge in [0.05, 0.1) is 12.0 Å². The Morgan fingerprint density at radius 2 is 2.12 bits per heavy atom. The first kappa shape index (κ1) is 12.6. The minimum atomic E-state index is -0.596. The first-order valence-electron chi connectivity index (χ1n) is 4.58. The average Bonchev–Trinajstić information content (AvgIpc) is 2.35. The zero-order valence-corrected chi connectivity index (χ0v) is 8.95. The molecule has 0 aliphatic heterocycles. The van der Waals surface area contributed by atoms with Crippen molar-refractivity contribution in [2.45, 2.75) is 0 Å². The van der Waals surface area contributed by atoms with Gasteiger partial charge in [-0.3, -0.25) is 14.9 Å². The van der Waals surface area contributed by atoms with Gasteiger partial charge in [-0.25, -0.2) is 4.79 Å². The van der Waals surface area contributed by atoms with Crippen LogP contribution >= 0.6 is 0 Å². The molecule has 88 valence electrons. The molecule has 6 nitrogen and oxygen atoms in total. The van der Waals surface area contributed by atoms with E-state index in [9.17, 15) is 19.7 Å². The Morgan fingerprint density at radius 3 is 2.65 bits per heavy atom. The van der Waals surface area contributed by atoms with E-state index in [1.807, 2.05) is 0 Å². The molecule has 0 atom stereocenters. The van der Waals surface area contributed by atoms with Crippen LogP contribution in [-0.2, 0) is 9.53 Å². The highest BCUT2D eigenvalue weighted by Gasteiger charge is 2.08. The number of hydrogen-bond acceptors (Lipinski definition) is 5. The Hall–Kier alpha value is -2.50. The molecule has 1 aromatic rings. The van der Waals surface area contributed by atoms with E-state index in [1.165, 1.54) is 25.3 Å². The van der Waals surface area contributed by atoms with Crippen molar-refractivity contribution in [3.8, 4) is 0 Å². The van der Waals surface area contributed by atoms with Crippen LogP contribution in [0.3, 0.4) is 0 Å². The van der Waals surface area contributed by atoms with E-state index in [4.69, 9.17) is 0 Å². The molecule has 0 saturated heterocycles. The average molecular weight is 235 g/mol. The second-order valence-corrected chi connectivity index (χ2v) is 3.04. The second-order valence-electron chi connectivity index (χ2n) is 3.04. The summed E-state index contributed by atoms with van der Waals surface area (Å²) in [5.41, 5.74) is 0.373. The lowest BCUT2D eigenvalue weighted by Crippen LogP contribution is -1.95. The van der Waals surface area contributed by atoms with Gasteiger partial charge >= 0.3 is 5.97 Å². The number of esters is 1. The maximum absolute atomic E-state index is 10.9. The number of ether oxygens (including phenoxy) is 1. The summed E-state index contributed by atoms with van der Waals surface area (Å²) in [6, 6.07) is 3.79. The van der Waals surface area contributed by atoms with Gasteiger partial charge in [0.1, 0.15) is 0 Å². The van der Waals surface area contributed by atoms with Crippen LogP contribution in [0.1, 0.15) is 15.9 Å². The number of nitro benzene ring substituents is 1. The Bertz CT molecular complexity index is 493. The van der Waals surface area contributed by atoms with Crippen LogP contribution in [0.15, 0.2) is 24.3 Å². The number of carbonyl (C=O) groups is 2. The maximum Gasteiger partial charge on any atom is 0.330 e. The van der Waals surface area contributed by atoms with Crippen molar-refractivity contribution >= 4 is 24.0 Å². The molecule has 6 heteroatoms. The van der Waals surface area contributed by atoms with Gasteiger partial charge in [0.2, 0.25) is 0 Å². The number of non-ortho nitro benzene ring substituents is 1. The predicted octanol–water partition coefficient (Wildman–Crippen LogP) is 1.59. The lowest BCUT2D eigenvalue weighted by molar-refractivity contribution is -0.384. The van der Waals surface area contributed by atoms with Gasteiger partial charge in [-0.15, -0.1) is 0 Å². The van der Waals surface area contributed by atoms with Crippen LogP contribution in [-0.4, -0.2) is 24.3 Å². The molecular weight excluding hydrogens is 226 g/mol. The molecule has 0 aromatic heterocycles. The number of benzene rings is 1. The molecule has 0 N–H and O–H groups in total. The number of rotatable bonds is 4. The summed E-state index contributed by atoms with van der Waals surface area (Å²) in [5, 5.41) is 10.5. The molecule has 0 spiro atoms. The van der Waals surface area contributed by atoms with E-state index >= 15 is 0 Å². The van der Waals surface area contributed by atoms with Crippen LogP contribution < -0.4 is 0 Å². The van der Waals surface area contributed by atoms with Gasteiger partial charge in [-0.1, -0.05) is 0 Å². The fourth-order valence-corrected chi connectivity index (χ4v) is 1.16. The summed E-state index contributed by atoms with van der Waals surface area (Å²) in [7, 11) is 1.23. The van der Waals surface area contributed by atoms with Crippen molar-refractivity contribution in [3.05, 3.63) is 45.5 Å². The fraction of sp³-hybridized carbons (Fsp3) is 0.0909. The molecule has 0 fully saturated rings. The molecule has 1 aromatic carbocycles. The molecule has 0 amide bonds. The van der Waals surface area contributed by atoms with Gasteiger partial charge in [-0.05, 0) is 17.7 Å². The Labute approximate surface area is 96.7 Å². The predicted molar refractivity (Wildman–Crippen MR) is 59.5 cm³/mol. The van der Waals surface area contributed by atoms with Crippen molar-refractivity contribution in [2.24, 2.45) is 0 Å². The third-order valence-corrected chi connectivity index (χ3v) is 2.01. The highest BCUT2D eigenvalue weighted by molar-refractivity contribution is 5.90. The van der Waals surface area contributed by atoms with E-state index in [2.05, 4.69) is 4.74 Å².